The van der Waals surface area contributed by atoms with Gasteiger partial charge in [0.25, 0.3) is 0 Å². The number of ether oxygens (including phenoxy) is 2. The van der Waals surface area contributed by atoms with Gasteiger partial charge in [0.2, 0.25) is 5.91 Å². The Hall–Kier alpha value is -1.40. The summed E-state index contributed by atoms with van der Waals surface area (Å²) in [6, 6.07) is 1.77. The first-order chi connectivity index (χ1) is 9.40. The number of esters is 1. The summed E-state index contributed by atoms with van der Waals surface area (Å²) in [7, 11) is 0. The number of rotatable bonds is 3. The molecule has 1 aliphatic heterocycles. The highest BCUT2D eigenvalue weighted by Crippen LogP contribution is 2.38. The van der Waals surface area contributed by atoms with Crippen molar-refractivity contribution >= 4 is 23.2 Å². The van der Waals surface area contributed by atoms with Gasteiger partial charge in [-0.3, -0.25) is 9.59 Å². The molecule has 1 aromatic rings. The van der Waals surface area contributed by atoms with Crippen molar-refractivity contribution < 1.29 is 19.1 Å². The van der Waals surface area contributed by atoms with Gasteiger partial charge in [-0.25, -0.2) is 0 Å². The Bertz CT molecular complexity index is 513. The van der Waals surface area contributed by atoms with E-state index in [0.717, 1.165) is 10.4 Å². The Morgan fingerprint density at radius 2 is 2.15 bits per heavy atom. The van der Waals surface area contributed by atoms with E-state index in [9.17, 15) is 9.59 Å². The topological polar surface area (TPSA) is 55.8 Å². The summed E-state index contributed by atoms with van der Waals surface area (Å²) in [5.41, 5.74) is 1.16. The first kappa shape index (κ1) is 15.0. The summed E-state index contributed by atoms with van der Waals surface area (Å²) < 4.78 is 11.0. The molecule has 20 heavy (non-hydrogen) atoms. The van der Waals surface area contributed by atoms with Crippen LogP contribution in [0.5, 0.6) is 0 Å². The molecule has 6 heteroatoms. The van der Waals surface area contributed by atoms with E-state index in [-0.39, 0.29) is 36.9 Å². The normalized spacial score (nSPS) is 25.8. The van der Waals surface area contributed by atoms with Crippen molar-refractivity contribution in [2.75, 3.05) is 6.61 Å². The van der Waals surface area contributed by atoms with Crippen LogP contribution in [0.4, 0.5) is 0 Å². The lowest BCUT2D eigenvalue weighted by Gasteiger charge is -2.25. The molecule has 0 saturated carbocycles. The minimum atomic E-state index is -0.353. The molecule has 3 atom stereocenters. The fourth-order valence-corrected chi connectivity index (χ4v) is 3.49. The van der Waals surface area contributed by atoms with Gasteiger partial charge in [0.05, 0.1) is 6.04 Å². The summed E-state index contributed by atoms with van der Waals surface area (Å²) in [5.74, 6) is -0.431. The van der Waals surface area contributed by atoms with Gasteiger partial charge in [0.1, 0.15) is 18.9 Å². The minimum absolute atomic E-state index is 0.0783. The van der Waals surface area contributed by atoms with Crippen LogP contribution in [0.25, 0.3) is 0 Å². The standard InChI is InChI=1S/C14H19NO4S/c1-8-5-13(20-7-8)14-12(6-18-11(4)17)15(9(2)16)10(3)19-14/h5,7,10,12,14H,6H2,1-4H3/t10?,12-,14-/m1/s1. The molecule has 1 unspecified atom stereocenters. The van der Waals surface area contributed by atoms with Gasteiger partial charge in [-0.05, 0) is 30.9 Å². The molecule has 2 heterocycles. The third-order valence-corrected chi connectivity index (χ3v) is 4.41. The number of nitrogens with zero attached hydrogens (tertiary/aromatic N) is 1. The van der Waals surface area contributed by atoms with Crippen LogP contribution in [0.2, 0.25) is 0 Å². The summed E-state index contributed by atoms with van der Waals surface area (Å²) in [6.07, 6.45) is -0.563. The summed E-state index contributed by atoms with van der Waals surface area (Å²) in [6.45, 7) is 6.87. The maximum Gasteiger partial charge on any atom is 0.302 e. The number of hydrogen-bond donors (Lipinski definition) is 0. The number of thiophene rings is 1. The number of aryl methyl sites for hydroxylation is 1. The first-order valence-corrected chi connectivity index (χ1v) is 7.41. The molecule has 0 aromatic carbocycles. The molecule has 0 N–H and O–H groups in total. The molecule has 5 nitrogen and oxygen atoms in total. The van der Waals surface area contributed by atoms with E-state index < -0.39 is 0 Å². The summed E-state index contributed by atoms with van der Waals surface area (Å²) in [4.78, 5) is 25.5. The van der Waals surface area contributed by atoms with Gasteiger partial charge < -0.3 is 14.4 Å². The molecule has 0 aliphatic carbocycles. The SMILES string of the molecule is CC(=O)OC[C@@H]1[C@H](c2cc(C)cs2)OC(C)N1C(C)=O. The average Bonchev–Trinajstić information content (AvgIpc) is 2.90. The van der Waals surface area contributed by atoms with Crippen LogP contribution in [0.1, 0.15) is 37.3 Å². The maximum atomic E-state index is 11.8. The lowest BCUT2D eigenvalue weighted by Crippen LogP contribution is -2.42. The van der Waals surface area contributed by atoms with E-state index in [1.54, 1.807) is 16.2 Å². The van der Waals surface area contributed by atoms with Crippen LogP contribution in [-0.2, 0) is 19.1 Å². The first-order valence-electron chi connectivity index (χ1n) is 6.53. The zero-order valence-corrected chi connectivity index (χ0v) is 12.9. The van der Waals surface area contributed by atoms with Gasteiger partial charge in [-0.1, -0.05) is 0 Å². The Morgan fingerprint density at radius 3 is 2.65 bits per heavy atom. The van der Waals surface area contributed by atoms with Crippen molar-refractivity contribution in [1.29, 1.82) is 0 Å². The highest BCUT2D eigenvalue weighted by atomic mass is 32.1. The Kier molecular flexibility index (Phi) is 4.45. The molecule has 1 saturated heterocycles. The molecule has 0 spiro atoms. The number of carbonyl (C=O) groups is 2. The van der Waals surface area contributed by atoms with Crippen molar-refractivity contribution in [1.82, 2.24) is 4.90 Å². The van der Waals surface area contributed by atoms with Crippen LogP contribution < -0.4 is 0 Å². The second-order valence-electron chi connectivity index (χ2n) is 4.98. The highest BCUT2D eigenvalue weighted by molar-refractivity contribution is 7.10. The third-order valence-electron chi connectivity index (χ3n) is 3.29. The zero-order valence-electron chi connectivity index (χ0n) is 12.1. The van der Waals surface area contributed by atoms with Crippen molar-refractivity contribution in [3.05, 3.63) is 21.9 Å². The fraction of sp³-hybridized carbons (Fsp3) is 0.571. The summed E-state index contributed by atoms with van der Waals surface area (Å²) >= 11 is 1.60. The van der Waals surface area contributed by atoms with E-state index in [2.05, 4.69) is 0 Å². The predicted molar refractivity (Wildman–Crippen MR) is 75.3 cm³/mol. The molecule has 1 fully saturated rings. The Balaban J connectivity index is 2.24. The van der Waals surface area contributed by atoms with E-state index in [4.69, 9.17) is 9.47 Å². The van der Waals surface area contributed by atoms with Crippen molar-refractivity contribution in [2.45, 2.75) is 46.1 Å². The largest absolute Gasteiger partial charge is 0.464 e. The highest BCUT2D eigenvalue weighted by Gasteiger charge is 2.43. The molecule has 1 aromatic heterocycles. The van der Waals surface area contributed by atoms with Crippen LogP contribution in [0.15, 0.2) is 11.4 Å². The van der Waals surface area contributed by atoms with Gasteiger partial charge in [0.15, 0.2) is 0 Å². The van der Waals surface area contributed by atoms with E-state index in [1.807, 2.05) is 25.3 Å². The Morgan fingerprint density at radius 1 is 1.45 bits per heavy atom. The number of hydrogen-bond acceptors (Lipinski definition) is 5. The fourth-order valence-electron chi connectivity index (χ4n) is 2.50. The average molecular weight is 297 g/mol. The van der Waals surface area contributed by atoms with Crippen molar-refractivity contribution in [2.24, 2.45) is 0 Å². The second kappa shape index (κ2) is 5.93. The lowest BCUT2D eigenvalue weighted by atomic mass is 10.1. The number of amides is 1. The molecule has 0 radical (unpaired) electrons. The van der Waals surface area contributed by atoms with Gasteiger partial charge in [-0.15, -0.1) is 11.3 Å². The van der Waals surface area contributed by atoms with Crippen LogP contribution >= 0.6 is 11.3 Å². The molecule has 2 rings (SSSR count). The number of carbonyl (C=O) groups excluding carboxylic acids is 2. The molecular weight excluding hydrogens is 278 g/mol. The minimum Gasteiger partial charge on any atom is -0.464 e. The Labute approximate surface area is 122 Å². The van der Waals surface area contributed by atoms with E-state index in [0.29, 0.717) is 0 Å². The predicted octanol–water partition coefficient (Wildman–Crippen LogP) is 2.25. The van der Waals surface area contributed by atoms with Crippen LogP contribution in [0, 0.1) is 6.92 Å². The molecule has 1 amide bonds. The van der Waals surface area contributed by atoms with E-state index in [1.165, 1.54) is 13.8 Å². The maximum absolute atomic E-state index is 11.8. The lowest BCUT2D eigenvalue weighted by molar-refractivity contribution is -0.145. The summed E-state index contributed by atoms with van der Waals surface area (Å²) in [5, 5.41) is 2.04. The third kappa shape index (κ3) is 3.02. The zero-order chi connectivity index (χ0) is 14.9. The monoisotopic (exact) mass is 297 g/mol. The van der Waals surface area contributed by atoms with Gasteiger partial charge >= 0.3 is 5.97 Å². The van der Waals surface area contributed by atoms with Crippen LogP contribution in [-0.4, -0.2) is 35.7 Å². The quantitative estimate of drug-likeness (QED) is 0.803. The van der Waals surface area contributed by atoms with E-state index >= 15 is 0 Å². The van der Waals surface area contributed by atoms with Crippen molar-refractivity contribution in [3.8, 4) is 0 Å². The molecular formula is C14H19NO4S. The second-order valence-corrected chi connectivity index (χ2v) is 5.92. The van der Waals surface area contributed by atoms with Crippen LogP contribution in [0.3, 0.4) is 0 Å². The van der Waals surface area contributed by atoms with Gasteiger partial charge in [-0.2, -0.15) is 0 Å². The molecule has 110 valence electrons. The molecule has 1 aliphatic rings. The molecule has 0 bridgehead atoms. The van der Waals surface area contributed by atoms with Crippen molar-refractivity contribution in [3.63, 3.8) is 0 Å². The van der Waals surface area contributed by atoms with Gasteiger partial charge in [0, 0.05) is 18.7 Å². The smallest absolute Gasteiger partial charge is 0.302 e.